The minimum absolute atomic E-state index is 0.0702. The lowest BCUT2D eigenvalue weighted by molar-refractivity contribution is 0.172. The molecule has 1 unspecified atom stereocenters. The van der Waals surface area contributed by atoms with Crippen LogP contribution in [0.4, 0.5) is 0 Å². The molecule has 1 aliphatic heterocycles. The average Bonchev–Trinajstić information content (AvgIpc) is 2.41. The maximum atomic E-state index is 12.2. The molecule has 0 spiro atoms. The lowest BCUT2D eigenvalue weighted by Crippen LogP contribution is -2.25. The Balaban J connectivity index is 2.33. The van der Waals surface area contributed by atoms with Gasteiger partial charge in [-0.05, 0) is 19.1 Å². The lowest BCUT2D eigenvalue weighted by atomic mass is 10.1. The maximum absolute atomic E-state index is 12.2. The zero-order chi connectivity index (χ0) is 13.6. The molecule has 1 aromatic heterocycles. The molecule has 2 aromatic rings. The van der Waals surface area contributed by atoms with Gasteiger partial charge in [-0.3, -0.25) is 4.79 Å². The Bertz CT molecular complexity index is 704. The van der Waals surface area contributed by atoms with Crippen molar-refractivity contribution in [3.63, 3.8) is 0 Å². The smallest absolute Gasteiger partial charge is 0.255 e. The summed E-state index contributed by atoms with van der Waals surface area (Å²) in [5.74, 6) is 1.40. The summed E-state index contributed by atoms with van der Waals surface area (Å²) in [5, 5.41) is 0.929. The molecular weight excluding hydrogens is 244 g/mol. The summed E-state index contributed by atoms with van der Waals surface area (Å²) in [6, 6.07) is 5.28. The second-order valence-electron chi connectivity index (χ2n) is 4.81. The standard InChI is InChI=1S/C14H16N2O3/c1-8(15)10-5-9-6-12-13(19-4-3-18-12)7-11(9)16(2)14(10)17/h5-8H,3-4,15H2,1-2H3. The van der Waals surface area contributed by atoms with E-state index in [1.807, 2.05) is 18.2 Å². The van der Waals surface area contributed by atoms with E-state index in [4.69, 9.17) is 15.2 Å². The lowest BCUT2D eigenvalue weighted by Gasteiger charge is -2.20. The van der Waals surface area contributed by atoms with Crippen molar-refractivity contribution in [3.05, 3.63) is 34.1 Å². The Labute approximate surface area is 110 Å². The van der Waals surface area contributed by atoms with E-state index < -0.39 is 0 Å². The van der Waals surface area contributed by atoms with Gasteiger partial charge < -0.3 is 19.8 Å². The van der Waals surface area contributed by atoms with Gasteiger partial charge in [0.1, 0.15) is 13.2 Å². The van der Waals surface area contributed by atoms with Crippen LogP contribution in [0, 0.1) is 0 Å². The number of nitrogens with zero attached hydrogens (tertiary/aromatic N) is 1. The van der Waals surface area contributed by atoms with Crippen LogP contribution in [-0.4, -0.2) is 17.8 Å². The Morgan fingerprint density at radius 2 is 1.84 bits per heavy atom. The molecule has 0 amide bonds. The van der Waals surface area contributed by atoms with E-state index in [-0.39, 0.29) is 11.6 Å². The van der Waals surface area contributed by atoms with E-state index in [1.54, 1.807) is 18.5 Å². The van der Waals surface area contributed by atoms with E-state index in [0.717, 1.165) is 10.9 Å². The monoisotopic (exact) mass is 260 g/mol. The highest BCUT2D eigenvalue weighted by Crippen LogP contribution is 2.34. The Morgan fingerprint density at radius 3 is 2.47 bits per heavy atom. The summed E-state index contributed by atoms with van der Waals surface area (Å²) in [6.45, 7) is 2.88. The molecule has 19 heavy (non-hydrogen) atoms. The van der Waals surface area contributed by atoms with Crippen molar-refractivity contribution in [2.24, 2.45) is 12.8 Å². The maximum Gasteiger partial charge on any atom is 0.255 e. The van der Waals surface area contributed by atoms with Gasteiger partial charge in [-0.2, -0.15) is 0 Å². The normalized spacial score (nSPS) is 15.5. The Hall–Kier alpha value is -2.01. The van der Waals surface area contributed by atoms with Gasteiger partial charge in [0.25, 0.3) is 5.56 Å². The third-order valence-electron chi connectivity index (χ3n) is 3.41. The summed E-state index contributed by atoms with van der Waals surface area (Å²) in [7, 11) is 1.74. The molecule has 3 rings (SSSR count). The molecule has 0 radical (unpaired) electrons. The number of ether oxygens (including phenoxy) is 2. The number of fused-ring (bicyclic) bond motifs is 2. The first kappa shape index (κ1) is 12.0. The molecule has 0 bridgehead atoms. The number of aryl methyl sites for hydroxylation is 1. The number of benzene rings is 1. The van der Waals surface area contributed by atoms with Crippen molar-refractivity contribution in [2.45, 2.75) is 13.0 Å². The molecule has 1 aliphatic rings. The molecule has 1 atom stereocenters. The van der Waals surface area contributed by atoms with E-state index in [1.165, 1.54) is 0 Å². The van der Waals surface area contributed by atoms with Crippen molar-refractivity contribution < 1.29 is 9.47 Å². The highest BCUT2D eigenvalue weighted by molar-refractivity contribution is 5.84. The van der Waals surface area contributed by atoms with Crippen LogP contribution in [0.3, 0.4) is 0 Å². The van der Waals surface area contributed by atoms with E-state index in [2.05, 4.69) is 0 Å². The quantitative estimate of drug-likeness (QED) is 0.840. The zero-order valence-electron chi connectivity index (χ0n) is 11.0. The van der Waals surface area contributed by atoms with Gasteiger partial charge >= 0.3 is 0 Å². The van der Waals surface area contributed by atoms with E-state index in [0.29, 0.717) is 30.3 Å². The van der Waals surface area contributed by atoms with Crippen molar-refractivity contribution in [2.75, 3.05) is 13.2 Å². The zero-order valence-corrected chi connectivity index (χ0v) is 11.0. The van der Waals surface area contributed by atoms with E-state index >= 15 is 0 Å². The first-order valence-electron chi connectivity index (χ1n) is 6.27. The fourth-order valence-electron chi connectivity index (χ4n) is 2.36. The second kappa shape index (κ2) is 4.28. The molecule has 0 fully saturated rings. The van der Waals surface area contributed by atoms with Gasteiger partial charge in [-0.25, -0.2) is 0 Å². The molecule has 0 aliphatic carbocycles. The SMILES string of the molecule is CC(N)c1cc2cc3c(cc2n(C)c1=O)OCCO3. The topological polar surface area (TPSA) is 66.5 Å². The second-order valence-corrected chi connectivity index (χ2v) is 4.81. The van der Waals surface area contributed by atoms with Crippen LogP contribution in [-0.2, 0) is 7.05 Å². The van der Waals surface area contributed by atoms with Crippen molar-refractivity contribution in [3.8, 4) is 11.5 Å². The first-order valence-corrected chi connectivity index (χ1v) is 6.27. The van der Waals surface area contributed by atoms with E-state index in [9.17, 15) is 4.79 Å². The van der Waals surface area contributed by atoms with Crippen LogP contribution in [0.1, 0.15) is 18.5 Å². The predicted molar refractivity (Wildman–Crippen MR) is 72.8 cm³/mol. The van der Waals surface area contributed by atoms with Crippen LogP contribution in [0.15, 0.2) is 23.0 Å². The van der Waals surface area contributed by atoms with Crippen LogP contribution in [0.25, 0.3) is 10.9 Å². The number of rotatable bonds is 1. The average molecular weight is 260 g/mol. The van der Waals surface area contributed by atoms with Gasteiger partial charge in [-0.1, -0.05) is 0 Å². The molecule has 1 aromatic carbocycles. The van der Waals surface area contributed by atoms with Gasteiger partial charge in [-0.15, -0.1) is 0 Å². The molecule has 5 heteroatoms. The summed E-state index contributed by atoms with van der Waals surface area (Å²) < 4.78 is 12.7. The van der Waals surface area contributed by atoms with Crippen LogP contribution < -0.4 is 20.8 Å². The highest BCUT2D eigenvalue weighted by Gasteiger charge is 2.16. The fourth-order valence-corrected chi connectivity index (χ4v) is 2.36. The summed E-state index contributed by atoms with van der Waals surface area (Å²) in [6.07, 6.45) is 0. The predicted octanol–water partition coefficient (Wildman–Crippen LogP) is 1.33. The molecule has 0 saturated heterocycles. The molecular formula is C14H16N2O3. The van der Waals surface area contributed by atoms with Crippen LogP contribution in [0.5, 0.6) is 11.5 Å². The van der Waals surface area contributed by atoms with Gasteiger partial charge in [0.05, 0.1) is 5.52 Å². The first-order chi connectivity index (χ1) is 9.08. The molecule has 5 nitrogen and oxygen atoms in total. The van der Waals surface area contributed by atoms with Crippen LogP contribution in [0.2, 0.25) is 0 Å². The number of pyridine rings is 1. The fraction of sp³-hybridized carbons (Fsp3) is 0.357. The number of hydrogen-bond acceptors (Lipinski definition) is 4. The molecule has 100 valence electrons. The Morgan fingerprint density at radius 1 is 1.21 bits per heavy atom. The number of nitrogens with two attached hydrogens (primary N) is 1. The third kappa shape index (κ3) is 1.86. The number of hydrogen-bond donors (Lipinski definition) is 1. The van der Waals surface area contributed by atoms with Crippen molar-refractivity contribution >= 4 is 10.9 Å². The molecule has 0 saturated carbocycles. The van der Waals surface area contributed by atoms with Crippen LogP contribution >= 0.6 is 0 Å². The highest BCUT2D eigenvalue weighted by atomic mass is 16.6. The number of aromatic nitrogens is 1. The summed E-state index contributed by atoms with van der Waals surface area (Å²) in [5.41, 5.74) is 7.19. The van der Waals surface area contributed by atoms with Gasteiger partial charge in [0.15, 0.2) is 11.5 Å². The van der Waals surface area contributed by atoms with Crippen molar-refractivity contribution in [1.82, 2.24) is 4.57 Å². The molecule has 2 N–H and O–H groups in total. The largest absolute Gasteiger partial charge is 0.486 e. The minimum Gasteiger partial charge on any atom is -0.486 e. The minimum atomic E-state index is -0.295. The molecule has 2 heterocycles. The summed E-state index contributed by atoms with van der Waals surface area (Å²) >= 11 is 0. The van der Waals surface area contributed by atoms with Gasteiger partial charge in [0.2, 0.25) is 0 Å². The Kier molecular flexibility index (Phi) is 2.71. The van der Waals surface area contributed by atoms with Gasteiger partial charge in [0, 0.05) is 30.1 Å². The summed E-state index contributed by atoms with van der Waals surface area (Å²) in [4.78, 5) is 12.2. The van der Waals surface area contributed by atoms with Crippen molar-refractivity contribution in [1.29, 1.82) is 0 Å². The third-order valence-corrected chi connectivity index (χ3v) is 3.41.